The maximum absolute atomic E-state index is 3.40. The average Bonchev–Trinajstić information content (AvgIpc) is 2.17. The highest BCUT2D eigenvalue weighted by atomic mass is 14.9. The second kappa shape index (κ2) is 6.20. The first-order valence-corrected chi connectivity index (χ1v) is 5.74. The Balaban J connectivity index is 2.20. The fourth-order valence-electron chi connectivity index (χ4n) is 2.04. The maximum Gasteiger partial charge on any atom is 0.0221 e. The summed E-state index contributed by atoms with van der Waals surface area (Å²) in [6.45, 7) is 5.45. The monoisotopic (exact) mass is 181 g/mol. The lowest BCUT2D eigenvalue weighted by atomic mass is 9.89. The zero-order valence-electron chi connectivity index (χ0n) is 9.05. The van der Waals surface area contributed by atoms with Gasteiger partial charge in [-0.05, 0) is 32.2 Å². The van der Waals surface area contributed by atoms with Gasteiger partial charge in [-0.2, -0.15) is 0 Å². The first-order valence-electron chi connectivity index (χ1n) is 5.74. The van der Waals surface area contributed by atoms with E-state index in [0.29, 0.717) is 6.04 Å². The van der Waals surface area contributed by atoms with Crippen LogP contribution in [0.25, 0.3) is 0 Å². The Bertz CT molecular complexity index is 145. The van der Waals surface area contributed by atoms with Crippen molar-refractivity contribution >= 4 is 0 Å². The number of rotatable bonds is 4. The van der Waals surface area contributed by atoms with Gasteiger partial charge < -0.3 is 5.32 Å². The molecule has 0 aromatic heterocycles. The third-order valence-electron chi connectivity index (χ3n) is 2.85. The third-order valence-corrected chi connectivity index (χ3v) is 2.85. The average molecular weight is 181 g/mol. The smallest absolute Gasteiger partial charge is 0.0221 e. The predicted octanol–water partition coefficient (Wildman–Crippen LogP) is 3.12. The highest BCUT2D eigenvalue weighted by Gasteiger charge is 2.09. The Morgan fingerprint density at radius 2 is 2.00 bits per heavy atom. The summed E-state index contributed by atoms with van der Waals surface area (Å²) < 4.78 is 0. The standard InChI is InChI=1S/C12H23N/c1-3-13-11(2)9-10-12-7-5-4-6-8-12/h9-13H,3-8H2,1-2H3/b10-9+. The van der Waals surface area contributed by atoms with Crippen LogP contribution in [0.2, 0.25) is 0 Å². The lowest BCUT2D eigenvalue weighted by Crippen LogP contribution is -2.23. The molecule has 1 heteroatoms. The molecule has 0 amide bonds. The van der Waals surface area contributed by atoms with Gasteiger partial charge in [0, 0.05) is 6.04 Å². The van der Waals surface area contributed by atoms with Gasteiger partial charge in [-0.3, -0.25) is 0 Å². The second-order valence-electron chi connectivity index (χ2n) is 4.13. The molecule has 1 saturated carbocycles. The first kappa shape index (κ1) is 10.8. The fourth-order valence-corrected chi connectivity index (χ4v) is 2.04. The van der Waals surface area contributed by atoms with Crippen molar-refractivity contribution < 1.29 is 0 Å². The molecule has 0 radical (unpaired) electrons. The van der Waals surface area contributed by atoms with E-state index in [1.165, 1.54) is 32.1 Å². The molecule has 1 atom stereocenters. The summed E-state index contributed by atoms with van der Waals surface area (Å²) >= 11 is 0. The normalized spacial score (nSPS) is 22.3. The van der Waals surface area contributed by atoms with E-state index < -0.39 is 0 Å². The summed E-state index contributed by atoms with van der Waals surface area (Å²) in [5.74, 6) is 0.870. The molecule has 0 heterocycles. The molecule has 0 aromatic carbocycles. The Morgan fingerprint density at radius 3 is 2.62 bits per heavy atom. The summed E-state index contributed by atoms with van der Waals surface area (Å²) in [6, 6.07) is 0.548. The van der Waals surface area contributed by atoms with E-state index in [9.17, 15) is 0 Å². The fraction of sp³-hybridized carbons (Fsp3) is 0.833. The molecular formula is C12H23N. The van der Waals surface area contributed by atoms with Crippen molar-refractivity contribution in [1.82, 2.24) is 5.32 Å². The van der Waals surface area contributed by atoms with Crippen molar-refractivity contribution in [1.29, 1.82) is 0 Å². The molecule has 1 rings (SSSR count). The Hall–Kier alpha value is -0.300. The van der Waals surface area contributed by atoms with Crippen LogP contribution in [-0.4, -0.2) is 12.6 Å². The Morgan fingerprint density at radius 1 is 1.31 bits per heavy atom. The van der Waals surface area contributed by atoms with Crippen LogP contribution >= 0.6 is 0 Å². The number of nitrogens with one attached hydrogen (secondary N) is 1. The zero-order chi connectivity index (χ0) is 9.52. The lowest BCUT2D eigenvalue weighted by Gasteiger charge is -2.18. The predicted molar refractivity (Wildman–Crippen MR) is 58.9 cm³/mol. The van der Waals surface area contributed by atoms with Gasteiger partial charge >= 0.3 is 0 Å². The highest BCUT2D eigenvalue weighted by molar-refractivity contribution is 4.95. The van der Waals surface area contributed by atoms with E-state index in [2.05, 4.69) is 31.3 Å². The molecule has 1 nitrogen and oxygen atoms in total. The molecule has 0 aromatic rings. The minimum absolute atomic E-state index is 0.548. The van der Waals surface area contributed by atoms with Crippen LogP contribution in [0.3, 0.4) is 0 Å². The topological polar surface area (TPSA) is 12.0 Å². The Kier molecular flexibility index (Phi) is 5.14. The highest BCUT2D eigenvalue weighted by Crippen LogP contribution is 2.24. The summed E-state index contributed by atoms with van der Waals surface area (Å²) in [4.78, 5) is 0. The van der Waals surface area contributed by atoms with Gasteiger partial charge in [0.2, 0.25) is 0 Å². The molecule has 76 valence electrons. The molecular weight excluding hydrogens is 158 g/mol. The van der Waals surface area contributed by atoms with Crippen LogP contribution in [0.1, 0.15) is 46.0 Å². The van der Waals surface area contributed by atoms with Crippen LogP contribution in [0.5, 0.6) is 0 Å². The van der Waals surface area contributed by atoms with Crippen molar-refractivity contribution in [2.75, 3.05) is 6.54 Å². The molecule has 1 N–H and O–H groups in total. The van der Waals surface area contributed by atoms with Crippen molar-refractivity contribution in [2.24, 2.45) is 5.92 Å². The van der Waals surface area contributed by atoms with Crippen LogP contribution < -0.4 is 5.32 Å². The van der Waals surface area contributed by atoms with E-state index in [-0.39, 0.29) is 0 Å². The summed E-state index contributed by atoms with van der Waals surface area (Å²) in [5.41, 5.74) is 0. The largest absolute Gasteiger partial charge is 0.311 e. The van der Waals surface area contributed by atoms with Crippen molar-refractivity contribution in [3.8, 4) is 0 Å². The van der Waals surface area contributed by atoms with Gasteiger partial charge in [0.15, 0.2) is 0 Å². The van der Waals surface area contributed by atoms with E-state index in [1.54, 1.807) is 0 Å². The number of likely N-dealkylation sites (N-methyl/N-ethyl adjacent to an activating group) is 1. The number of allylic oxidation sites excluding steroid dienone is 1. The van der Waals surface area contributed by atoms with Gasteiger partial charge in [-0.15, -0.1) is 0 Å². The van der Waals surface area contributed by atoms with Gasteiger partial charge in [-0.25, -0.2) is 0 Å². The molecule has 0 spiro atoms. The molecule has 1 aliphatic carbocycles. The molecule has 1 unspecified atom stereocenters. The van der Waals surface area contributed by atoms with Crippen LogP contribution in [0.4, 0.5) is 0 Å². The second-order valence-corrected chi connectivity index (χ2v) is 4.13. The van der Waals surface area contributed by atoms with E-state index >= 15 is 0 Å². The number of hydrogen-bond acceptors (Lipinski definition) is 1. The molecule has 0 bridgehead atoms. The minimum atomic E-state index is 0.548. The summed E-state index contributed by atoms with van der Waals surface area (Å²) in [6.07, 6.45) is 11.9. The van der Waals surface area contributed by atoms with Gasteiger partial charge in [0.05, 0.1) is 0 Å². The van der Waals surface area contributed by atoms with Crippen molar-refractivity contribution in [2.45, 2.75) is 52.0 Å². The molecule has 1 fully saturated rings. The SMILES string of the molecule is CCNC(C)/C=C/C1CCCCC1. The van der Waals surface area contributed by atoms with Crippen molar-refractivity contribution in [3.05, 3.63) is 12.2 Å². The van der Waals surface area contributed by atoms with E-state index in [0.717, 1.165) is 12.5 Å². The third kappa shape index (κ3) is 4.47. The Labute approximate surface area is 82.6 Å². The summed E-state index contributed by atoms with van der Waals surface area (Å²) in [7, 11) is 0. The van der Waals surface area contributed by atoms with Crippen LogP contribution in [-0.2, 0) is 0 Å². The molecule has 13 heavy (non-hydrogen) atoms. The van der Waals surface area contributed by atoms with E-state index in [1.807, 2.05) is 0 Å². The van der Waals surface area contributed by atoms with E-state index in [4.69, 9.17) is 0 Å². The summed E-state index contributed by atoms with van der Waals surface area (Å²) in [5, 5.41) is 3.40. The van der Waals surface area contributed by atoms with Gasteiger partial charge in [0.25, 0.3) is 0 Å². The molecule has 1 aliphatic rings. The van der Waals surface area contributed by atoms with Crippen molar-refractivity contribution in [3.63, 3.8) is 0 Å². The van der Waals surface area contributed by atoms with Gasteiger partial charge in [0.1, 0.15) is 0 Å². The quantitative estimate of drug-likeness (QED) is 0.657. The number of hydrogen-bond donors (Lipinski definition) is 1. The zero-order valence-corrected chi connectivity index (χ0v) is 9.05. The van der Waals surface area contributed by atoms with Crippen LogP contribution in [0, 0.1) is 5.92 Å². The first-order chi connectivity index (χ1) is 6.33. The molecule has 0 saturated heterocycles. The minimum Gasteiger partial charge on any atom is -0.311 e. The maximum atomic E-state index is 3.40. The van der Waals surface area contributed by atoms with Gasteiger partial charge in [-0.1, -0.05) is 38.3 Å². The van der Waals surface area contributed by atoms with Crippen LogP contribution in [0.15, 0.2) is 12.2 Å². The lowest BCUT2D eigenvalue weighted by molar-refractivity contribution is 0.418. The molecule has 0 aliphatic heterocycles.